The summed E-state index contributed by atoms with van der Waals surface area (Å²) in [5, 5.41) is 0.267. The Morgan fingerprint density at radius 3 is 2.53 bits per heavy atom. The summed E-state index contributed by atoms with van der Waals surface area (Å²) in [7, 11) is -3.44. The van der Waals surface area contributed by atoms with E-state index in [-0.39, 0.29) is 35.1 Å². The average Bonchev–Trinajstić information content (AvgIpc) is 2.82. The molecule has 1 N–H and O–H groups in total. The van der Waals surface area contributed by atoms with Crippen molar-refractivity contribution in [3.8, 4) is 11.1 Å². The van der Waals surface area contributed by atoms with Gasteiger partial charge >= 0.3 is 0 Å². The van der Waals surface area contributed by atoms with E-state index in [0.717, 1.165) is 23.8 Å². The highest BCUT2D eigenvalue weighted by Gasteiger charge is 2.31. The van der Waals surface area contributed by atoms with Crippen LogP contribution in [0.4, 0.5) is 15.8 Å². The predicted octanol–water partition coefficient (Wildman–Crippen LogP) is 5.46. The molecule has 0 spiro atoms. The average molecular weight is 529 g/mol. The normalized spacial score (nSPS) is 16.1. The molecule has 1 saturated heterocycles. The third-order valence-electron chi connectivity index (χ3n) is 6.14. The lowest BCUT2D eigenvalue weighted by molar-refractivity contribution is -0.128. The van der Waals surface area contributed by atoms with Crippen molar-refractivity contribution in [1.82, 2.24) is 0 Å². The number of nitrogens with one attached hydrogen (secondary N) is 1. The number of hydrogen-bond acceptors (Lipinski definition) is 4. The Labute approximate surface area is 215 Å². The van der Waals surface area contributed by atoms with Gasteiger partial charge in [0.1, 0.15) is 11.6 Å². The molecule has 1 atom stereocenters. The second-order valence-electron chi connectivity index (χ2n) is 8.95. The molecule has 1 aliphatic rings. The van der Waals surface area contributed by atoms with Crippen molar-refractivity contribution in [2.45, 2.75) is 25.7 Å². The predicted molar refractivity (Wildman–Crippen MR) is 140 cm³/mol. The number of ketones is 1. The summed E-state index contributed by atoms with van der Waals surface area (Å²) < 4.78 is 40.0. The first kappa shape index (κ1) is 25.9. The molecule has 1 aliphatic heterocycles. The van der Waals surface area contributed by atoms with Crippen LogP contribution in [0.2, 0.25) is 5.02 Å². The van der Waals surface area contributed by atoms with Crippen LogP contribution in [0.15, 0.2) is 66.7 Å². The Balaban J connectivity index is 1.46. The van der Waals surface area contributed by atoms with Gasteiger partial charge in [0.05, 0.1) is 11.9 Å². The first-order chi connectivity index (χ1) is 17.1. The van der Waals surface area contributed by atoms with Gasteiger partial charge in [-0.2, -0.15) is 0 Å². The van der Waals surface area contributed by atoms with Gasteiger partial charge in [-0.25, -0.2) is 12.8 Å². The second-order valence-corrected chi connectivity index (χ2v) is 11.1. The molecule has 0 aromatic heterocycles. The number of benzene rings is 3. The van der Waals surface area contributed by atoms with E-state index in [9.17, 15) is 22.4 Å². The first-order valence-corrected chi connectivity index (χ1v) is 13.8. The van der Waals surface area contributed by atoms with Gasteiger partial charge in [0.15, 0.2) is 0 Å². The summed E-state index contributed by atoms with van der Waals surface area (Å²) >= 11 is 5.78. The van der Waals surface area contributed by atoms with Gasteiger partial charge in [-0.05, 0) is 54.3 Å². The van der Waals surface area contributed by atoms with Crippen LogP contribution in [0.5, 0.6) is 0 Å². The van der Waals surface area contributed by atoms with Crippen molar-refractivity contribution >= 4 is 44.7 Å². The third kappa shape index (κ3) is 6.30. The fourth-order valence-electron chi connectivity index (χ4n) is 4.46. The SMILES string of the molecule is CS(=O)(=O)Nc1ccccc1-c1ccc(N2CCC[C@@H](CC(=O)Cc3ccc(Cl)cc3F)C2=O)cc1. The summed E-state index contributed by atoms with van der Waals surface area (Å²) in [5.41, 5.74) is 2.96. The van der Waals surface area contributed by atoms with Gasteiger partial charge in [-0.1, -0.05) is 48.0 Å². The molecule has 0 bridgehead atoms. The van der Waals surface area contributed by atoms with E-state index in [4.69, 9.17) is 11.6 Å². The number of amides is 1. The molecule has 0 radical (unpaired) electrons. The number of para-hydroxylation sites is 1. The van der Waals surface area contributed by atoms with Crippen LogP contribution in [0.1, 0.15) is 24.8 Å². The lowest BCUT2D eigenvalue weighted by Crippen LogP contribution is -2.42. The molecule has 1 fully saturated rings. The number of Topliss-reactive ketones (excluding diaryl/α,β-unsaturated/α-hetero) is 1. The minimum Gasteiger partial charge on any atom is -0.312 e. The molecule has 188 valence electrons. The Bertz CT molecular complexity index is 1390. The zero-order chi connectivity index (χ0) is 25.9. The molecular weight excluding hydrogens is 503 g/mol. The summed E-state index contributed by atoms with van der Waals surface area (Å²) in [4.78, 5) is 27.5. The number of carbonyl (C=O) groups is 2. The standard InChI is InChI=1S/C27H26ClFN2O4S/c1-36(34,35)30-26-7-3-2-6-24(26)18-9-12-22(13-10-18)31-14-4-5-20(27(31)33)16-23(32)15-19-8-11-21(28)17-25(19)29/h2-3,6-13,17,20,30H,4-5,14-16H2,1H3/t20-/m0/s1. The second kappa shape index (κ2) is 10.8. The Hall–Kier alpha value is -3.23. The van der Waals surface area contributed by atoms with Crippen LogP contribution in [0.25, 0.3) is 11.1 Å². The zero-order valence-corrected chi connectivity index (χ0v) is 21.3. The van der Waals surface area contributed by atoms with Gasteiger partial charge in [0.25, 0.3) is 0 Å². The van der Waals surface area contributed by atoms with Crippen LogP contribution < -0.4 is 9.62 Å². The molecule has 3 aromatic rings. The molecule has 0 aliphatic carbocycles. The largest absolute Gasteiger partial charge is 0.312 e. The van der Waals surface area contributed by atoms with E-state index in [1.807, 2.05) is 36.4 Å². The van der Waals surface area contributed by atoms with Gasteiger partial charge in [0, 0.05) is 41.6 Å². The summed E-state index contributed by atoms with van der Waals surface area (Å²) in [6, 6.07) is 18.6. The smallest absolute Gasteiger partial charge is 0.230 e. The van der Waals surface area contributed by atoms with Crippen LogP contribution in [0, 0.1) is 11.7 Å². The zero-order valence-electron chi connectivity index (χ0n) is 19.7. The topological polar surface area (TPSA) is 83.6 Å². The first-order valence-electron chi connectivity index (χ1n) is 11.5. The maximum absolute atomic E-state index is 14.1. The molecule has 0 unspecified atom stereocenters. The van der Waals surface area contributed by atoms with Crippen LogP contribution >= 0.6 is 11.6 Å². The number of rotatable bonds is 8. The fourth-order valence-corrected chi connectivity index (χ4v) is 5.20. The molecule has 1 heterocycles. The van der Waals surface area contributed by atoms with Crippen LogP contribution in [-0.4, -0.2) is 32.9 Å². The molecule has 4 rings (SSSR count). The lowest BCUT2D eigenvalue weighted by atomic mass is 9.90. The number of sulfonamides is 1. The summed E-state index contributed by atoms with van der Waals surface area (Å²) in [6.45, 7) is 0.543. The quantitative estimate of drug-likeness (QED) is 0.420. The van der Waals surface area contributed by atoms with E-state index in [1.54, 1.807) is 23.1 Å². The van der Waals surface area contributed by atoms with Crippen molar-refractivity contribution in [1.29, 1.82) is 0 Å². The maximum Gasteiger partial charge on any atom is 0.230 e. The molecule has 9 heteroatoms. The van der Waals surface area contributed by atoms with E-state index in [2.05, 4.69) is 4.72 Å². The number of carbonyl (C=O) groups excluding carboxylic acids is 2. The van der Waals surface area contributed by atoms with Crippen LogP contribution in [0.3, 0.4) is 0 Å². The monoisotopic (exact) mass is 528 g/mol. The van der Waals surface area contributed by atoms with Crippen molar-refractivity contribution in [3.05, 3.63) is 83.1 Å². The van der Waals surface area contributed by atoms with Gasteiger partial charge in [-0.15, -0.1) is 0 Å². The van der Waals surface area contributed by atoms with E-state index in [0.29, 0.717) is 24.3 Å². The number of halogens is 2. The molecule has 0 saturated carbocycles. The van der Waals surface area contributed by atoms with Crippen molar-refractivity contribution in [2.24, 2.45) is 5.92 Å². The Morgan fingerprint density at radius 2 is 1.83 bits per heavy atom. The summed E-state index contributed by atoms with van der Waals surface area (Å²) in [5.74, 6) is -1.30. The number of piperidine rings is 1. The van der Waals surface area contributed by atoms with Crippen molar-refractivity contribution in [3.63, 3.8) is 0 Å². The lowest BCUT2D eigenvalue weighted by Gasteiger charge is -2.32. The maximum atomic E-state index is 14.1. The van der Waals surface area contributed by atoms with Gasteiger partial charge in [0.2, 0.25) is 15.9 Å². The van der Waals surface area contributed by atoms with Crippen molar-refractivity contribution < 1.29 is 22.4 Å². The highest BCUT2D eigenvalue weighted by Crippen LogP contribution is 2.32. The van der Waals surface area contributed by atoms with E-state index < -0.39 is 21.8 Å². The van der Waals surface area contributed by atoms with E-state index in [1.165, 1.54) is 12.1 Å². The number of nitrogens with zero attached hydrogens (tertiary/aromatic N) is 1. The van der Waals surface area contributed by atoms with Gasteiger partial charge in [-0.3, -0.25) is 14.3 Å². The van der Waals surface area contributed by atoms with Crippen molar-refractivity contribution in [2.75, 3.05) is 22.4 Å². The highest BCUT2D eigenvalue weighted by atomic mass is 35.5. The van der Waals surface area contributed by atoms with Crippen LogP contribution in [-0.2, 0) is 26.0 Å². The summed E-state index contributed by atoms with van der Waals surface area (Å²) in [6.07, 6.45) is 2.43. The number of hydrogen-bond donors (Lipinski definition) is 1. The van der Waals surface area contributed by atoms with Gasteiger partial charge < -0.3 is 4.90 Å². The Kier molecular flexibility index (Phi) is 7.76. The minimum atomic E-state index is -3.44. The third-order valence-corrected chi connectivity index (χ3v) is 6.96. The fraction of sp³-hybridized carbons (Fsp3) is 0.259. The molecule has 1 amide bonds. The molecule has 6 nitrogen and oxygen atoms in total. The molecule has 3 aromatic carbocycles. The number of anilines is 2. The Morgan fingerprint density at radius 1 is 1.11 bits per heavy atom. The van der Waals surface area contributed by atoms with E-state index >= 15 is 0 Å². The molecule has 36 heavy (non-hydrogen) atoms. The minimum absolute atomic E-state index is 0.0556. The highest BCUT2D eigenvalue weighted by molar-refractivity contribution is 7.92. The molecular formula is C27H26ClFN2O4S.